The lowest BCUT2D eigenvalue weighted by molar-refractivity contribution is 1.18. The van der Waals surface area contributed by atoms with Crippen molar-refractivity contribution >= 4 is 38.9 Å². The van der Waals surface area contributed by atoms with E-state index in [4.69, 9.17) is 0 Å². The molecule has 2 heteroatoms. The van der Waals surface area contributed by atoms with Crippen LogP contribution in [0.3, 0.4) is 0 Å². The Hall–Kier alpha value is -8.20. The van der Waals surface area contributed by atoms with Gasteiger partial charge in [-0.05, 0) is 110 Å². The molecule has 0 aliphatic heterocycles. The van der Waals surface area contributed by atoms with E-state index in [1.807, 2.05) is 0 Å². The summed E-state index contributed by atoms with van der Waals surface area (Å²) >= 11 is 0. The van der Waals surface area contributed by atoms with Crippen molar-refractivity contribution in [3.8, 4) is 61.3 Å². The first-order valence-corrected chi connectivity index (χ1v) is 21.3. The zero-order valence-electron chi connectivity index (χ0n) is 34.1. The summed E-state index contributed by atoms with van der Waals surface area (Å²) in [5, 5.41) is 2.43. The van der Waals surface area contributed by atoms with Crippen molar-refractivity contribution in [3.63, 3.8) is 0 Å². The Labute approximate surface area is 362 Å². The van der Waals surface area contributed by atoms with Gasteiger partial charge in [-0.2, -0.15) is 0 Å². The molecule has 10 aromatic carbocycles. The van der Waals surface area contributed by atoms with Gasteiger partial charge in [-0.15, -0.1) is 0 Å². The van der Waals surface area contributed by atoms with Gasteiger partial charge in [0.05, 0.1) is 11.0 Å². The van der Waals surface area contributed by atoms with Crippen LogP contribution >= 0.6 is 0 Å². The molecule has 0 amide bonds. The molecular formula is C60H42N2. The molecule has 0 unspecified atom stereocenters. The summed E-state index contributed by atoms with van der Waals surface area (Å²) in [7, 11) is 0. The molecule has 0 N–H and O–H groups in total. The van der Waals surface area contributed by atoms with E-state index >= 15 is 0 Å². The number of rotatable bonds is 9. The van der Waals surface area contributed by atoms with Crippen LogP contribution in [0.25, 0.3) is 83.1 Å². The predicted molar refractivity (Wildman–Crippen MR) is 263 cm³/mol. The molecule has 1 aromatic heterocycles. The van der Waals surface area contributed by atoms with Crippen molar-refractivity contribution in [3.05, 3.63) is 255 Å². The van der Waals surface area contributed by atoms with E-state index in [1.54, 1.807) is 0 Å². The lowest BCUT2D eigenvalue weighted by Gasteiger charge is -2.27. The summed E-state index contributed by atoms with van der Waals surface area (Å²) in [5.41, 5.74) is 18.6. The third kappa shape index (κ3) is 6.84. The minimum Gasteiger partial charge on any atom is -0.310 e. The first kappa shape index (κ1) is 36.8. The second-order valence-electron chi connectivity index (χ2n) is 15.7. The standard InChI is InChI=1S/C60H42N2/c1-5-18-43(19-6-1)44-32-34-49(35-33-44)61(50-27-17-26-48(40-50)54-29-14-13-28-53(54)45-20-7-2-8-21-45)52-37-39-57-56-30-15-16-31-59(56)62(60(57)42-52)51-36-38-55(46-22-9-3-10-23-46)58(41-51)47-24-11-4-12-25-47/h1-42H. The van der Waals surface area contributed by atoms with Gasteiger partial charge in [0.2, 0.25) is 0 Å². The van der Waals surface area contributed by atoms with Crippen LogP contribution in [0.1, 0.15) is 0 Å². The average molecular weight is 791 g/mol. The lowest BCUT2D eigenvalue weighted by atomic mass is 9.94. The van der Waals surface area contributed by atoms with Crippen LogP contribution in [-0.4, -0.2) is 4.57 Å². The number of hydrogen-bond donors (Lipinski definition) is 0. The van der Waals surface area contributed by atoms with Crippen molar-refractivity contribution in [2.75, 3.05) is 4.90 Å². The number of nitrogens with zero attached hydrogens (tertiary/aromatic N) is 2. The van der Waals surface area contributed by atoms with E-state index in [2.05, 4.69) is 264 Å². The molecule has 0 saturated heterocycles. The molecule has 0 saturated carbocycles. The van der Waals surface area contributed by atoms with Crippen molar-refractivity contribution in [1.82, 2.24) is 4.57 Å². The molecular weight excluding hydrogens is 749 g/mol. The second-order valence-corrected chi connectivity index (χ2v) is 15.7. The SMILES string of the molecule is c1ccc(-c2ccc(N(c3cccc(-c4ccccc4-c4ccccc4)c3)c3ccc4c5ccccc5n(-c5ccc(-c6ccccc6)c(-c6ccccc6)c5)c4c3)cc2)cc1. The fraction of sp³-hybridized carbons (Fsp3) is 0. The topological polar surface area (TPSA) is 8.17 Å². The molecule has 1 heterocycles. The quantitative estimate of drug-likeness (QED) is 0.141. The van der Waals surface area contributed by atoms with Gasteiger partial charge in [-0.25, -0.2) is 0 Å². The van der Waals surface area contributed by atoms with Crippen LogP contribution in [0.5, 0.6) is 0 Å². The minimum atomic E-state index is 1.08. The third-order valence-corrected chi connectivity index (χ3v) is 12.0. The Balaban J connectivity index is 1.11. The highest BCUT2D eigenvalue weighted by Crippen LogP contribution is 2.43. The van der Waals surface area contributed by atoms with Crippen molar-refractivity contribution in [2.24, 2.45) is 0 Å². The number of aromatic nitrogens is 1. The Morgan fingerprint density at radius 3 is 1.37 bits per heavy atom. The van der Waals surface area contributed by atoms with Gasteiger partial charge in [0.15, 0.2) is 0 Å². The monoisotopic (exact) mass is 790 g/mol. The Kier molecular flexibility index (Phi) is 9.57. The highest BCUT2D eigenvalue weighted by Gasteiger charge is 2.20. The highest BCUT2D eigenvalue weighted by atomic mass is 15.1. The van der Waals surface area contributed by atoms with Gasteiger partial charge < -0.3 is 9.47 Å². The number of benzene rings is 10. The van der Waals surface area contributed by atoms with E-state index in [9.17, 15) is 0 Å². The first-order valence-electron chi connectivity index (χ1n) is 21.3. The van der Waals surface area contributed by atoms with Gasteiger partial charge in [0.25, 0.3) is 0 Å². The minimum absolute atomic E-state index is 1.08. The number of hydrogen-bond acceptors (Lipinski definition) is 1. The summed E-state index contributed by atoms with van der Waals surface area (Å²) in [6.45, 7) is 0. The second kappa shape index (κ2) is 16.1. The molecule has 2 nitrogen and oxygen atoms in total. The fourth-order valence-electron chi connectivity index (χ4n) is 9.07. The predicted octanol–water partition coefficient (Wildman–Crippen LogP) is 16.6. The molecule has 11 rings (SSSR count). The maximum atomic E-state index is 2.44. The first-order chi connectivity index (χ1) is 30.8. The third-order valence-electron chi connectivity index (χ3n) is 12.0. The van der Waals surface area contributed by atoms with Gasteiger partial charge in [-0.1, -0.05) is 200 Å². The molecule has 0 aliphatic carbocycles. The van der Waals surface area contributed by atoms with Crippen molar-refractivity contribution in [1.29, 1.82) is 0 Å². The summed E-state index contributed by atoms with van der Waals surface area (Å²) in [6.07, 6.45) is 0. The molecule has 62 heavy (non-hydrogen) atoms. The highest BCUT2D eigenvalue weighted by molar-refractivity contribution is 6.10. The largest absolute Gasteiger partial charge is 0.310 e. The molecule has 0 fully saturated rings. The molecule has 292 valence electrons. The van der Waals surface area contributed by atoms with Crippen molar-refractivity contribution < 1.29 is 0 Å². The van der Waals surface area contributed by atoms with Crippen LogP contribution in [0, 0.1) is 0 Å². The van der Waals surface area contributed by atoms with Crippen LogP contribution in [-0.2, 0) is 0 Å². The van der Waals surface area contributed by atoms with Crippen LogP contribution in [0.4, 0.5) is 17.1 Å². The summed E-state index contributed by atoms with van der Waals surface area (Å²) in [4.78, 5) is 2.40. The van der Waals surface area contributed by atoms with Gasteiger partial charge in [0, 0.05) is 33.5 Å². The normalized spacial score (nSPS) is 11.2. The molecule has 0 spiro atoms. The van der Waals surface area contributed by atoms with Crippen LogP contribution in [0.15, 0.2) is 255 Å². The van der Waals surface area contributed by atoms with Crippen molar-refractivity contribution in [2.45, 2.75) is 0 Å². The smallest absolute Gasteiger partial charge is 0.0561 e. The fourth-order valence-corrected chi connectivity index (χ4v) is 9.07. The number of para-hydroxylation sites is 1. The Morgan fingerprint density at radius 2 is 0.710 bits per heavy atom. The van der Waals surface area contributed by atoms with E-state index < -0.39 is 0 Å². The van der Waals surface area contributed by atoms with E-state index in [1.165, 1.54) is 66.4 Å². The lowest BCUT2D eigenvalue weighted by Crippen LogP contribution is -2.10. The maximum absolute atomic E-state index is 2.44. The van der Waals surface area contributed by atoms with Gasteiger partial charge >= 0.3 is 0 Å². The number of anilines is 3. The maximum Gasteiger partial charge on any atom is 0.0561 e. The zero-order chi connectivity index (χ0) is 41.2. The zero-order valence-corrected chi connectivity index (χ0v) is 34.1. The molecule has 0 atom stereocenters. The molecule has 0 aliphatic rings. The molecule has 0 bridgehead atoms. The average Bonchev–Trinajstić information content (AvgIpc) is 3.69. The van der Waals surface area contributed by atoms with Gasteiger partial charge in [-0.3, -0.25) is 0 Å². The number of fused-ring (bicyclic) bond motifs is 3. The van der Waals surface area contributed by atoms with Crippen LogP contribution in [0.2, 0.25) is 0 Å². The molecule has 0 radical (unpaired) electrons. The van der Waals surface area contributed by atoms with Crippen LogP contribution < -0.4 is 4.90 Å². The summed E-state index contributed by atoms with van der Waals surface area (Å²) < 4.78 is 2.44. The van der Waals surface area contributed by atoms with E-state index in [0.717, 1.165) is 33.8 Å². The van der Waals surface area contributed by atoms with E-state index in [-0.39, 0.29) is 0 Å². The summed E-state index contributed by atoms with van der Waals surface area (Å²) in [6, 6.07) is 92.1. The Morgan fingerprint density at radius 1 is 0.242 bits per heavy atom. The van der Waals surface area contributed by atoms with Gasteiger partial charge in [0.1, 0.15) is 0 Å². The molecule has 11 aromatic rings. The Bertz CT molecular complexity index is 3310. The summed E-state index contributed by atoms with van der Waals surface area (Å²) in [5.74, 6) is 0. The van der Waals surface area contributed by atoms with E-state index in [0.29, 0.717) is 0 Å².